The first-order valence-electron chi connectivity index (χ1n) is 26.6. The molecule has 0 spiro atoms. The van der Waals surface area contributed by atoms with E-state index in [0.29, 0.717) is 56.4 Å². The minimum absolute atomic E-state index is 0.0942. The second kappa shape index (κ2) is 23.8. The molecule has 0 radical (unpaired) electrons. The molecule has 5 N–H and O–H groups in total. The zero-order valence-corrected chi connectivity index (χ0v) is 44.3. The van der Waals surface area contributed by atoms with Crippen molar-refractivity contribution in [1.82, 2.24) is 49.5 Å². The molecule has 1 unspecified atom stereocenters. The number of fused-ring (bicyclic) bond motifs is 2. The maximum Gasteiger partial charge on any atom is 0.256 e. The Bertz CT molecular complexity index is 3340. The summed E-state index contributed by atoms with van der Waals surface area (Å²) in [6, 6.07) is 23.4. The van der Waals surface area contributed by atoms with Crippen molar-refractivity contribution in [3.63, 3.8) is 0 Å². The number of likely N-dealkylation sites (N-methyl/N-ethyl adjacent to an activating group) is 1. The molecule has 0 aliphatic carbocycles. The number of hydrogen-bond donors (Lipinski definition) is 4. The molecule has 20 heteroatoms. The number of ether oxygens (including phenoxy) is 4. The Morgan fingerprint density at radius 1 is 0.846 bits per heavy atom. The summed E-state index contributed by atoms with van der Waals surface area (Å²) in [7, 11) is 3.69. The highest BCUT2D eigenvalue weighted by Gasteiger charge is 2.39. The Hall–Kier alpha value is -8.49. The van der Waals surface area contributed by atoms with Gasteiger partial charge in [0.15, 0.2) is 17.7 Å². The van der Waals surface area contributed by atoms with E-state index in [1.54, 1.807) is 23.4 Å². The van der Waals surface area contributed by atoms with Crippen molar-refractivity contribution < 1.29 is 38.1 Å². The van der Waals surface area contributed by atoms with Crippen molar-refractivity contribution in [2.75, 3.05) is 90.4 Å². The molecule has 20 nitrogen and oxygen atoms in total. The van der Waals surface area contributed by atoms with Gasteiger partial charge in [-0.05, 0) is 113 Å². The molecule has 4 amide bonds. The summed E-state index contributed by atoms with van der Waals surface area (Å²) < 4.78 is 26.0. The first kappa shape index (κ1) is 52.9. The standard InChI is InChI=1S/C58H66N12O8/c1-5-76-58(68-35-40(61-36-68)12-18-52(71)60-21-22-69-53(72)19-20-54(69)73)49-29-37(2)34-70(49)57(74)43-32-50(75-4)51(33-44(43)59)78-28-8-6-7-27-77-42-14-9-38(10-15-42)55-62-45-16-11-39(30-47(45)64-55)56-63-46-17-13-41(31-48(46)65-56)67-25-23-66(3)24-26-67/h9-11,13-17,19-20,30-33,35-36,49,58H,2,5-8,12,18,21-29,34,59H2,1,3-4H3,(H,60,71)(H,62,64)(H,63,65)/t49-,58?/m0/s1. The van der Waals surface area contributed by atoms with E-state index in [1.807, 2.05) is 48.0 Å². The number of aryl methyl sites for hydroxylation is 1. The van der Waals surface area contributed by atoms with E-state index < -0.39 is 24.1 Å². The number of likely N-dealkylation sites (tertiary alicyclic amines) is 1. The van der Waals surface area contributed by atoms with Crippen LogP contribution in [0.15, 0.2) is 110 Å². The second-order valence-electron chi connectivity index (χ2n) is 19.9. The summed E-state index contributed by atoms with van der Waals surface area (Å²) in [4.78, 5) is 79.4. The minimum atomic E-state index is -0.601. The highest BCUT2D eigenvalue weighted by molar-refractivity contribution is 6.12. The molecule has 0 bridgehead atoms. The van der Waals surface area contributed by atoms with Crippen molar-refractivity contribution in [2.45, 2.75) is 57.7 Å². The molecule has 2 atom stereocenters. The van der Waals surface area contributed by atoms with E-state index in [9.17, 15) is 19.2 Å². The molecular weight excluding hydrogens is 993 g/mol. The summed E-state index contributed by atoms with van der Waals surface area (Å²) in [6.45, 7) is 12.1. The summed E-state index contributed by atoms with van der Waals surface area (Å²) in [5.74, 6) is 1.87. The first-order valence-corrected chi connectivity index (χ1v) is 26.6. The molecule has 7 aromatic rings. The van der Waals surface area contributed by atoms with Crippen molar-refractivity contribution in [1.29, 1.82) is 0 Å². The number of anilines is 2. The SMILES string of the molecule is C=C1C[C@@H](C(OCC)n2cnc(CCC(=O)NCCN3C(=O)C=CC3=O)c2)N(C(=O)c2cc(OC)c(OCCCCCOc3ccc(-c4nc5ccc(-c6nc7ccc(N8CCN(C)CC8)cc7[nH]6)cc5[nH]4)cc3)cc2N)C1. The number of H-pyrrole nitrogens is 2. The number of carbonyl (C=O) groups excluding carboxylic acids is 4. The van der Waals surface area contributed by atoms with Gasteiger partial charge in [0.1, 0.15) is 17.4 Å². The van der Waals surface area contributed by atoms with Gasteiger partial charge in [0.25, 0.3) is 17.7 Å². The largest absolute Gasteiger partial charge is 0.494 e. The van der Waals surface area contributed by atoms with Gasteiger partial charge in [-0.3, -0.25) is 24.1 Å². The lowest BCUT2D eigenvalue weighted by Crippen LogP contribution is -2.44. The van der Waals surface area contributed by atoms with Gasteiger partial charge in [-0.2, -0.15) is 0 Å². The average molecular weight is 1060 g/mol. The number of aromatic amines is 2. The lowest BCUT2D eigenvalue weighted by molar-refractivity contribution is -0.137. The van der Waals surface area contributed by atoms with Crippen LogP contribution in [0.5, 0.6) is 17.2 Å². The Morgan fingerprint density at radius 2 is 1.54 bits per heavy atom. The van der Waals surface area contributed by atoms with Crippen LogP contribution in [0.3, 0.4) is 0 Å². The number of nitrogens with zero attached hydrogens (tertiary/aromatic N) is 8. The van der Waals surface area contributed by atoms with Crippen LogP contribution in [0.2, 0.25) is 0 Å². The zero-order valence-electron chi connectivity index (χ0n) is 44.3. The van der Waals surface area contributed by atoms with E-state index in [1.165, 1.54) is 24.9 Å². The molecule has 78 heavy (non-hydrogen) atoms. The smallest absolute Gasteiger partial charge is 0.256 e. The van der Waals surface area contributed by atoms with Crippen molar-refractivity contribution in [2.24, 2.45) is 0 Å². The third kappa shape index (κ3) is 12.0. The number of rotatable bonds is 23. The van der Waals surface area contributed by atoms with Crippen LogP contribution >= 0.6 is 0 Å². The van der Waals surface area contributed by atoms with Gasteiger partial charge >= 0.3 is 0 Å². The Labute approximate surface area is 452 Å². The Kier molecular flexibility index (Phi) is 16.2. The monoisotopic (exact) mass is 1060 g/mol. The van der Waals surface area contributed by atoms with Gasteiger partial charge in [-0.25, -0.2) is 15.0 Å². The van der Waals surface area contributed by atoms with Crippen molar-refractivity contribution >= 4 is 57.1 Å². The van der Waals surface area contributed by atoms with Crippen LogP contribution in [-0.2, 0) is 25.5 Å². The number of aromatic nitrogens is 6. The van der Waals surface area contributed by atoms with Gasteiger partial charge in [-0.15, -0.1) is 0 Å². The number of nitrogens with two attached hydrogens (primary N) is 1. The summed E-state index contributed by atoms with van der Waals surface area (Å²) in [6.07, 6.45) is 8.70. The van der Waals surface area contributed by atoms with E-state index in [0.717, 1.165) is 107 Å². The minimum Gasteiger partial charge on any atom is -0.494 e. The van der Waals surface area contributed by atoms with Crippen LogP contribution in [0.4, 0.5) is 11.4 Å². The molecule has 10 rings (SSSR count). The highest BCUT2D eigenvalue weighted by atomic mass is 16.5. The number of imide groups is 1. The van der Waals surface area contributed by atoms with Gasteiger partial charge in [-0.1, -0.05) is 12.2 Å². The van der Waals surface area contributed by atoms with Crippen LogP contribution in [0.25, 0.3) is 44.8 Å². The highest BCUT2D eigenvalue weighted by Crippen LogP contribution is 2.37. The van der Waals surface area contributed by atoms with Crippen LogP contribution in [0.1, 0.15) is 61.3 Å². The maximum absolute atomic E-state index is 14.3. The normalized spacial score (nSPS) is 16.3. The Morgan fingerprint density at radius 3 is 2.27 bits per heavy atom. The van der Waals surface area contributed by atoms with Crippen LogP contribution in [-0.4, -0.2) is 154 Å². The lowest BCUT2D eigenvalue weighted by atomic mass is 10.1. The molecule has 3 aromatic heterocycles. The van der Waals surface area contributed by atoms with E-state index in [-0.39, 0.29) is 42.6 Å². The van der Waals surface area contributed by atoms with Gasteiger partial charge in [0.2, 0.25) is 5.91 Å². The predicted molar refractivity (Wildman–Crippen MR) is 297 cm³/mol. The summed E-state index contributed by atoms with van der Waals surface area (Å²) in [5.41, 5.74) is 15.5. The van der Waals surface area contributed by atoms with Crippen molar-refractivity contribution in [3.05, 3.63) is 121 Å². The quantitative estimate of drug-likeness (QED) is 0.0221. The summed E-state index contributed by atoms with van der Waals surface area (Å²) in [5, 5.41) is 2.75. The molecule has 406 valence electrons. The number of amides is 4. The molecule has 0 saturated carbocycles. The Balaban J connectivity index is 0.674. The third-order valence-corrected chi connectivity index (χ3v) is 14.4. The van der Waals surface area contributed by atoms with E-state index in [4.69, 9.17) is 34.6 Å². The van der Waals surface area contributed by atoms with Crippen LogP contribution < -0.4 is 30.2 Å². The fraction of sp³-hybridized carbons (Fsp3) is 0.362. The topological polar surface area (TPSA) is 231 Å². The zero-order chi connectivity index (χ0) is 54.3. The lowest BCUT2D eigenvalue weighted by Gasteiger charge is -2.34. The number of piperazine rings is 1. The molecule has 2 fully saturated rings. The number of unbranched alkanes of at least 4 members (excludes halogenated alkanes) is 2. The molecule has 6 heterocycles. The first-order chi connectivity index (χ1) is 37.9. The average Bonchev–Trinajstić information content (AvgIpc) is 4.31. The third-order valence-electron chi connectivity index (χ3n) is 14.4. The molecular formula is C58H66N12O8. The van der Waals surface area contributed by atoms with Crippen LogP contribution in [0, 0.1) is 0 Å². The molecule has 2 saturated heterocycles. The number of methoxy groups -OCH3 is 1. The number of hydrogen-bond acceptors (Lipinski definition) is 14. The van der Waals surface area contributed by atoms with Crippen molar-refractivity contribution in [3.8, 4) is 40.0 Å². The fourth-order valence-corrected chi connectivity index (χ4v) is 10.1. The summed E-state index contributed by atoms with van der Waals surface area (Å²) >= 11 is 0. The van der Waals surface area contributed by atoms with Gasteiger partial charge in [0, 0.05) is 106 Å². The number of benzene rings is 4. The van der Waals surface area contributed by atoms with E-state index in [2.05, 4.69) is 74.0 Å². The number of nitrogen functional groups attached to an aromatic ring is 1. The van der Waals surface area contributed by atoms with Gasteiger partial charge in [0.05, 0.1) is 66.0 Å². The predicted octanol–water partition coefficient (Wildman–Crippen LogP) is 6.92. The second-order valence-corrected chi connectivity index (χ2v) is 19.9. The molecule has 4 aromatic carbocycles. The molecule has 3 aliphatic heterocycles. The molecule has 3 aliphatic rings. The maximum atomic E-state index is 14.3. The van der Waals surface area contributed by atoms with Gasteiger partial charge < -0.3 is 59.2 Å². The fourth-order valence-electron chi connectivity index (χ4n) is 10.1. The number of carbonyl (C=O) groups is 4. The number of nitrogens with one attached hydrogen (secondary N) is 3. The van der Waals surface area contributed by atoms with E-state index >= 15 is 0 Å². The number of imidazole rings is 3.